The van der Waals surface area contributed by atoms with E-state index in [1.165, 1.54) is 6.39 Å². The quantitative estimate of drug-likeness (QED) is 0.790. The number of oxazole rings is 1. The summed E-state index contributed by atoms with van der Waals surface area (Å²) in [6.45, 7) is 2.19. The summed E-state index contributed by atoms with van der Waals surface area (Å²) in [4.78, 5) is 16.2. The molecular formula is C15H15N5O3. The predicted molar refractivity (Wildman–Crippen MR) is 79.3 cm³/mol. The lowest BCUT2D eigenvalue weighted by Crippen LogP contribution is -2.28. The SMILES string of the molecule is C#CCCC1(CCNC(=O)c2ncoc2-c2cc(C)no2)N=N1. The zero-order chi connectivity index (χ0) is 16.3. The summed E-state index contributed by atoms with van der Waals surface area (Å²) in [5.74, 6) is 2.83. The van der Waals surface area contributed by atoms with E-state index in [0.29, 0.717) is 37.3 Å². The molecule has 2 aromatic heterocycles. The lowest BCUT2D eigenvalue weighted by Gasteiger charge is -2.09. The number of hydrogen-bond donors (Lipinski definition) is 1. The second-order valence-electron chi connectivity index (χ2n) is 5.26. The third-order valence-electron chi connectivity index (χ3n) is 3.50. The molecule has 0 fully saturated rings. The van der Waals surface area contributed by atoms with E-state index in [0.717, 1.165) is 0 Å². The molecule has 2 aromatic rings. The monoisotopic (exact) mass is 313 g/mol. The van der Waals surface area contributed by atoms with Gasteiger partial charge >= 0.3 is 0 Å². The second-order valence-corrected chi connectivity index (χ2v) is 5.26. The fourth-order valence-corrected chi connectivity index (χ4v) is 2.18. The molecular weight excluding hydrogens is 298 g/mol. The summed E-state index contributed by atoms with van der Waals surface area (Å²) in [7, 11) is 0. The van der Waals surface area contributed by atoms with Gasteiger partial charge in [-0.05, 0) is 6.92 Å². The minimum absolute atomic E-state index is 0.156. The van der Waals surface area contributed by atoms with E-state index >= 15 is 0 Å². The van der Waals surface area contributed by atoms with Crippen molar-refractivity contribution in [3.63, 3.8) is 0 Å². The maximum atomic E-state index is 12.2. The van der Waals surface area contributed by atoms with Crippen molar-refractivity contribution in [2.45, 2.75) is 31.8 Å². The standard InChI is InChI=1S/C15H15N5O3/c1-3-4-5-15(19-20-15)6-7-16-14(21)12-13(22-9-17-12)11-8-10(2)18-23-11/h1,8-9H,4-7H2,2H3,(H,16,21). The van der Waals surface area contributed by atoms with Crippen LogP contribution in [0.15, 0.2) is 31.6 Å². The van der Waals surface area contributed by atoms with Gasteiger partial charge in [0.15, 0.2) is 17.8 Å². The number of rotatable bonds is 7. The Balaban J connectivity index is 1.58. The normalized spacial score (nSPS) is 14.4. The summed E-state index contributed by atoms with van der Waals surface area (Å²) in [5, 5.41) is 14.6. The Morgan fingerprint density at radius 2 is 2.26 bits per heavy atom. The first-order chi connectivity index (χ1) is 11.1. The van der Waals surface area contributed by atoms with Crippen molar-refractivity contribution < 1.29 is 13.7 Å². The Kier molecular flexibility index (Phi) is 3.93. The molecule has 0 radical (unpaired) electrons. The Hall–Kier alpha value is -2.95. The average Bonchev–Trinajstić information content (AvgIpc) is 2.95. The predicted octanol–water partition coefficient (Wildman–Crippen LogP) is 2.33. The Morgan fingerprint density at radius 1 is 1.43 bits per heavy atom. The van der Waals surface area contributed by atoms with E-state index < -0.39 is 5.66 Å². The molecule has 0 unspecified atom stereocenters. The molecule has 1 N–H and O–H groups in total. The van der Waals surface area contributed by atoms with E-state index in [-0.39, 0.29) is 17.4 Å². The summed E-state index contributed by atoms with van der Waals surface area (Å²) in [5.41, 5.74) is 0.424. The number of terminal acetylenes is 1. The Labute approximate surface area is 132 Å². The number of nitrogens with zero attached hydrogens (tertiary/aromatic N) is 4. The number of aromatic nitrogens is 2. The molecule has 1 aliphatic heterocycles. The summed E-state index contributed by atoms with van der Waals surface area (Å²) < 4.78 is 10.3. The number of aryl methyl sites for hydroxylation is 1. The van der Waals surface area contributed by atoms with Crippen LogP contribution in [0, 0.1) is 19.3 Å². The third-order valence-corrected chi connectivity index (χ3v) is 3.50. The minimum atomic E-state index is -0.422. The van der Waals surface area contributed by atoms with Gasteiger partial charge in [0.05, 0.1) is 5.69 Å². The van der Waals surface area contributed by atoms with Crippen LogP contribution in [0.2, 0.25) is 0 Å². The van der Waals surface area contributed by atoms with Gasteiger partial charge in [0.2, 0.25) is 11.5 Å². The largest absolute Gasteiger partial charge is 0.439 e. The van der Waals surface area contributed by atoms with Crippen LogP contribution in [0.4, 0.5) is 0 Å². The highest BCUT2D eigenvalue weighted by Gasteiger charge is 2.38. The Bertz CT molecular complexity index is 777. The van der Waals surface area contributed by atoms with Crippen molar-refractivity contribution in [2.75, 3.05) is 6.54 Å². The van der Waals surface area contributed by atoms with E-state index in [9.17, 15) is 4.79 Å². The van der Waals surface area contributed by atoms with Crippen LogP contribution in [0.1, 0.15) is 35.4 Å². The van der Waals surface area contributed by atoms with Crippen LogP contribution in [-0.2, 0) is 0 Å². The van der Waals surface area contributed by atoms with Gasteiger partial charge in [0.25, 0.3) is 5.91 Å². The average molecular weight is 313 g/mol. The van der Waals surface area contributed by atoms with Gasteiger partial charge in [0, 0.05) is 31.9 Å². The van der Waals surface area contributed by atoms with E-state index in [2.05, 4.69) is 31.6 Å². The molecule has 118 valence electrons. The molecule has 0 atom stereocenters. The first-order valence-corrected chi connectivity index (χ1v) is 7.16. The van der Waals surface area contributed by atoms with E-state index in [1.54, 1.807) is 13.0 Å². The van der Waals surface area contributed by atoms with Gasteiger partial charge in [-0.25, -0.2) is 4.98 Å². The van der Waals surface area contributed by atoms with Crippen molar-refractivity contribution in [3.05, 3.63) is 23.8 Å². The number of nitrogens with one attached hydrogen (secondary N) is 1. The van der Waals surface area contributed by atoms with Gasteiger partial charge in [-0.2, -0.15) is 10.2 Å². The van der Waals surface area contributed by atoms with E-state index in [4.69, 9.17) is 15.4 Å². The van der Waals surface area contributed by atoms with Crippen LogP contribution < -0.4 is 5.32 Å². The fourth-order valence-electron chi connectivity index (χ4n) is 2.18. The second kappa shape index (κ2) is 6.04. The molecule has 23 heavy (non-hydrogen) atoms. The fraction of sp³-hybridized carbons (Fsp3) is 0.400. The number of carbonyl (C=O) groups excluding carboxylic acids is 1. The summed E-state index contributed by atoms with van der Waals surface area (Å²) in [6, 6.07) is 1.67. The molecule has 0 aromatic carbocycles. The molecule has 0 bridgehead atoms. The lowest BCUT2D eigenvalue weighted by atomic mass is 10.0. The van der Waals surface area contributed by atoms with Crippen LogP contribution in [-0.4, -0.2) is 28.3 Å². The van der Waals surface area contributed by atoms with Crippen molar-refractivity contribution in [1.29, 1.82) is 0 Å². The zero-order valence-electron chi connectivity index (χ0n) is 12.6. The van der Waals surface area contributed by atoms with Crippen molar-refractivity contribution in [1.82, 2.24) is 15.5 Å². The Morgan fingerprint density at radius 3 is 2.91 bits per heavy atom. The van der Waals surface area contributed by atoms with E-state index in [1.807, 2.05) is 0 Å². The first kappa shape index (κ1) is 15.0. The zero-order valence-corrected chi connectivity index (χ0v) is 12.6. The molecule has 0 aliphatic carbocycles. The maximum Gasteiger partial charge on any atom is 0.274 e. The van der Waals surface area contributed by atoms with Gasteiger partial charge in [-0.15, -0.1) is 12.3 Å². The summed E-state index contributed by atoms with van der Waals surface area (Å²) in [6.07, 6.45) is 8.36. The van der Waals surface area contributed by atoms with Crippen molar-refractivity contribution >= 4 is 5.91 Å². The molecule has 0 saturated carbocycles. The van der Waals surface area contributed by atoms with Gasteiger partial charge in [-0.1, -0.05) is 5.16 Å². The number of amides is 1. The van der Waals surface area contributed by atoms with Crippen molar-refractivity contribution in [3.8, 4) is 23.9 Å². The van der Waals surface area contributed by atoms with Gasteiger partial charge < -0.3 is 14.3 Å². The van der Waals surface area contributed by atoms with Gasteiger partial charge in [0.1, 0.15) is 0 Å². The molecule has 8 nitrogen and oxygen atoms in total. The highest BCUT2D eigenvalue weighted by molar-refractivity contribution is 5.97. The first-order valence-electron chi connectivity index (χ1n) is 7.16. The highest BCUT2D eigenvalue weighted by Crippen LogP contribution is 2.36. The molecule has 3 rings (SSSR count). The highest BCUT2D eigenvalue weighted by atomic mass is 16.5. The van der Waals surface area contributed by atoms with Crippen LogP contribution in [0.3, 0.4) is 0 Å². The van der Waals surface area contributed by atoms with Gasteiger partial charge in [-0.3, -0.25) is 4.79 Å². The third kappa shape index (κ3) is 3.29. The molecule has 1 amide bonds. The molecule has 1 aliphatic rings. The molecule has 3 heterocycles. The minimum Gasteiger partial charge on any atom is -0.439 e. The van der Waals surface area contributed by atoms with Crippen LogP contribution >= 0.6 is 0 Å². The smallest absolute Gasteiger partial charge is 0.274 e. The maximum absolute atomic E-state index is 12.2. The topological polar surface area (TPSA) is 106 Å². The van der Waals surface area contributed by atoms with Crippen molar-refractivity contribution in [2.24, 2.45) is 10.2 Å². The number of carbonyl (C=O) groups is 1. The summed E-state index contributed by atoms with van der Waals surface area (Å²) >= 11 is 0. The van der Waals surface area contributed by atoms with Crippen LogP contribution in [0.5, 0.6) is 0 Å². The van der Waals surface area contributed by atoms with Crippen LogP contribution in [0.25, 0.3) is 11.5 Å². The molecule has 0 spiro atoms. The number of hydrogen-bond acceptors (Lipinski definition) is 7. The molecule has 0 saturated heterocycles. The molecule has 8 heteroatoms. The lowest BCUT2D eigenvalue weighted by molar-refractivity contribution is 0.0947.